The topological polar surface area (TPSA) is 75.2 Å². The molecule has 3 aromatic rings. The van der Waals surface area contributed by atoms with Crippen molar-refractivity contribution in [3.8, 4) is 11.4 Å². The smallest absolute Gasteiger partial charge is 0.254 e. The van der Waals surface area contributed by atoms with E-state index in [0.717, 1.165) is 30.4 Å². The highest BCUT2D eigenvalue weighted by atomic mass is 16.2. The van der Waals surface area contributed by atoms with Crippen molar-refractivity contribution in [2.75, 3.05) is 13.1 Å². The summed E-state index contributed by atoms with van der Waals surface area (Å²) in [4.78, 5) is 36.3. The first-order valence-corrected chi connectivity index (χ1v) is 11.2. The van der Waals surface area contributed by atoms with Gasteiger partial charge in [-0.3, -0.25) is 9.59 Å². The highest BCUT2D eigenvalue weighted by Gasteiger charge is 2.29. The number of hydrogen-bond acceptors (Lipinski definition) is 4. The summed E-state index contributed by atoms with van der Waals surface area (Å²) in [6.07, 6.45) is 5.39. The Bertz CT molecular complexity index is 1030. The maximum absolute atomic E-state index is 13.1. The number of nitrogens with one attached hydrogen (secondary N) is 1. The van der Waals surface area contributed by atoms with Gasteiger partial charge in [-0.2, -0.15) is 0 Å². The molecule has 1 atom stereocenters. The van der Waals surface area contributed by atoms with Crippen molar-refractivity contribution in [2.45, 2.75) is 38.1 Å². The zero-order valence-electron chi connectivity index (χ0n) is 18.3. The Kier molecular flexibility index (Phi) is 6.90. The summed E-state index contributed by atoms with van der Waals surface area (Å²) in [6, 6.07) is 19.7. The van der Waals surface area contributed by atoms with Gasteiger partial charge in [0.05, 0.1) is 11.5 Å². The second kappa shape index (κ2) is 10.2. The Balaban J connectivity index is 1.31. The molecule has 1 unspecified atom stereocenters. The Morgan fingerprint density at radius 2 is 1.56 bits per heavy atom. The molecule has 2 amide bonds. The SMILES string of the molecule is CCC(C(=O)N1CCC(NC(=O)c2cnc(-c3ccccc3)nc2)CC1)c1ccccc1. The fourth-order valence-corrected chi connectivity index (χ4v) is 4.15. The van der Waals surface area contributed by atoms with Crippen LogP contribution in [0.3, 0.4) is 0 Å². The van der Waals surface area contributed by atoms with Crippen molar-refractivity contribution in [1.29, 1.82) is 0 Å². The predicted octanol–water partition coefficient (Wildman–Crippen LogP) is 4.06. The molecule has 6 nitrogen and oxygen atoms in total. The molecule has 0 spiro atoms. The van der Waals surface area contributed by atoms with Crippen LogP contribution in [0, 0.1) is 0 Å². The molecule has 1 fully saturated rings. The van der Waals surface area contributed by atoms with Crippen LogP contribution in [0.5, 0.6) is 0 Å². The quantitative estimate of drug-likeness (QED) is 0.643. The molecule has 4 rings (SSSR count). The molecule has 0 bridgehead atoms. The van der Waals surface area contributed by atoms with Gasteiger partial charge in [0, 0.05) is 37.1 Å². The van der Waals surface area contributed by atoms with Gasteiger partial charge in [-0.15, -0.1) is 0 Å². The number of aromatic nitrogens is 2. The van der Waals surface area contributed by atoms with Crippen LogP contribution in [0.25, 0.3) is 11.4 Å². The molecule has 2 heterocycles. The molecule has 1 saturated heterocycles. The normalized spacial score (nSPS) is 15.2. The van der Waals surface area contributed by atoms with Crippen molar-refractivity contribution in [3.63, 3.8) is 0 Å². The second-order valence-electron chi connectivity index (χ2n) is 8.11. The third-order valence-corrected chi connectivity index (χ3v) is 6.00. The summed E-state index contributed by atoms with van der Waals surface area (Å²) in [5.74, 6) is 0.485. The van der Waals surface area contributed by atoms with Gasteiger partial charge in [0.25, 0.3) is 5.91 Å². The van der Waals surface area contributed by atoms with Gasteiger partial charge in [0.15, 0.2) is 5.82 Å². The van der Waals surface area contributed by atoms with Gasteiger partial charge < -0.3 is 10.2 Å². The van der Waals surface area contributed by atoms with E-state index in [4.69, 9.17) is 0 Å². The summed E-state index contributed by atoms with van der Waals surface area (Å²) < 4.78 is 0. The minimum atomic E-state index is -0.176. The van der Waals surface area contributed by atoms with Crippen LogP contribution in [0.2, 0.25) is 0 Å². The van der Waals surface area contributed by atoms with E-state index in [-0.39, 0.29) is 23.8 Å². The van der Waals surface area contributed by atoms with Gasteiger partial charge in [-0.1, -0.05) is 67.6 Å². The number of likely N-dealkylation sites (tertiary alicyclic amines) is 1. The zero-order chi connectivity index (χ0) is 22.3. The van der Waals surface area contributed by atoms with E-state index in [9.17, 15) is 9.59 Å². The standard InChI is InChI=1S/C26H28N4O2/c1-2-23(19-9-5-3-6-10-19)26(32)30-15-13-22(14-16-30)29-25(31)21-17-27-24(28-18-21)20-11-7-4-8-12-20/h3-12,17-18,22-23H,2,13-16H2,1H3,(H,29,31). The van der Waals surface area contributed by atoms with Gasteiger partial charge in [-0.25, -0.2) is 9.97 Å². The average molecular weight is 429 g/mol. The van der Waals surface area contributed by atoms with Crippen LogP contribution in [0.4, 0.5) is 0 Å². The molecule has 0 saturated carbocycles. The fourth-order valence-electron chi connectivity index (χ4n) is 4.15. The van der Waals surface area contributed by atoms with Crippen LogP contribution in [0.1, 0.15) is 48.0 Å². The van der Waals surface area contributed by atoms with Gasteiger partial charge in [0.1, 0.15) is 0 Å². The minimum absolute atomic E-state index is 0.0390. The van der Waals surface area contributed by atoms with Gasteiger partial charge in [0.2, 0.25) is 5.91 Å². The molecule has 1 aromatic heterocycles. The lowest BCUT2D eigenvalue weighted by Gasteiger charge is -2.34. The summed E-state index contributed by atoms with van der Waals surface area (Å²) in [5, 5.41) is 3.07. The number of amides is 2. The number of hydrogen-bond donors (Lipinski definition) is 1. The molecular formula is C26H28N4O2. The number of piperidine rings is 1. The maximum atomic E-state index is 13.1. The van der Waals surface area contributed by atoms with Crippen LogP contribution in [-0.4, -0.2) is 45.8 Å². The molecule has 164 valence electrons. The number of rotatable bonds is 6. The molecule has 32 heavy (non-hydrogen) atoms. The largest absolute Gasteiger partial charge is 0.349 e. The first-order chi connectivity index (χ1) is 15.7. The molecule has 6 heteroatoms. The molecule has 0 radical (unpaired) electrons. The summed E-state index contributed by atoms with van der Waals surface area (Å²) >= 11 is 0. The Morgan fingerprint density at radius 1 is 0.969 bits per heavy atom. The predicted molar refractivity (Wildman–Crippen MR) is 124 cm³/mol. The molecule has 1 N–H and O–H groups in total. The van der Waals surface area contributed by atoms with Crippen LogP contribution in [0.15, 0.2) is 73.1 Å². The Morgan fingerprint density at radius 3 is 2.16 bits per heavy atom. The van der Waals surface area contributed by atoms with Crippen molar-refractivity contribution in [3.05, 3.63) is 84.2 Å². The van der Waals surface area contributed by atoms with E-state index in [1.165, 1.54) is 0 Å². The third kappa shape index (κ3) is 5.02. The Labute approximate surface area is 188 Å². The number of carbonyl (C=O) groups is 2. The van der Waals surface area contributed by atoms with Crippen LogP contribution in [-0.2, 0) is 4.79 Å². The molecule has 1 aliphatic rings. The summed E-state index contributed by atoms with van der Waals surface area (Å²) in [6.45, 7) is 3.35. The highest BCUT2D eigenvalue weighted by Crippen LogP contribution is 2.24. The second-order valence-corrected chi connectivity index (χ2v) is 8.11. The lowest BCUT2D eigenvalue weighted by molar-refractivity contribution is -0.134. The third-order valence-electron chi connectivity index (χ3n) is 6.00. The van der Waals surface area contributed by atoms with Crippen molar-refractivity contribution in [1.82, 2.24) is 20.2 Å². The van der Waals surface area contributed by atoms with E-state index in [1.54, 1.807) is 12.4 Å². The molecular weight excluding hydrogens is 400 g/mol. The van der Waals surface area contributed by atoms with Crippen LogP contribution >= 0.6 is 0 Å². The van der Waals surface area contributed by atoms with Crippen molar-refractivity contribution >= 4 is 11.8 Å². The lowest BCUT2D eigenvalue weighted by Crippen LogP contribution is -2.47. The van der Waals surface area contributed by atoms with E-state index in [1.807, 2.05) is 72.5 Å². The lowest BCUT2D eigenvalue weighted by atomic mass is 9.93. The number of nitrogens with zero attached hydrogens (tertiary/aromatic N) is 3. The van der Waals surface area contributed by atoms with Gasteiger partial charge >= 0.3 is 0 Å². The first-order valence-electron chi connectivity index (χ1n) is 11.2. The van der Waals surface area contributed by atoms with E-state index < -0.39 is 0 Å². The van der Waals surface area contributed by atoms with Gasteiger partial charge in [-0.05, 0) is 24.8 Å². The maximum Gasteiger partial charge on any atom is 0.254 e. The monoisotopic (exact) mass is 428 g/mol. The summed E-state index contributed by atoms with van der Waals surface area (Å²) in [5.41, 5.74) is 2.42. The average Bonchev–Trinajstić information content (AvgIpc) is 2.86. The molecule has 1 aliphatic heterocycles. The van der Waals surface area contributed by atoms with E-state index in [0.29, 0.717) is 24.5 Å². The van der Waals surface area contributed by atoms with Crippen molar-refractivity contribution < 1.29 is 9.59 Å². The number of carbonyl (C=O) groups excluding carboxylic acids is 2. The minimum Gasteiger partial charge on any atom is -0.349 e. The summed E-state index contributed by atoms with van der Waals surface area (Å²) in [7, 11) is 0. The first kappa shape index (κ1) is 21.7. The van der Waals surface area contributed by atoms with Crippen LogP contribution < -0.4 is 5.32 Å². The fraction of sp³-hybridized carbons (Fsp3) is 0.308. The Hall–Kier alpha value is -3.54. The number of benzene rings is 2. The van der Waals surface area contributed by atoms with Crippen molar-refractivity contribution in [2.24, 2.45) is 0 Å². The van der Waals surface area contributed by atoms with E-state index >= 15 is 0 Å². The highest BCUT2D eigenvalue weighted by molar-refractivity contribution is 5.94. The van der Waals surface area contributed by atoms with E-state index in [2.05, 4.69) is 15.3 Å². The zero-order valence-corrected chi connectivity index (χ0v) is 18.3. The molecule has 2 aromatic carbocycles. The molecule has 0 aliphatic carbocycles.